The summed E-state index contributed by atoms with van der Waals surface area (Å²) in [6.07, 6.45) is 4.14. The van der Waals surface area contributed by atoms with Crippen LogP contribution in [-0.2, 0) is 4.43 Å². The van der Waals surface area contributed by atoms with Gasteiger partial charge in [0.15, 0.2) is 8.32 Å². The van der Waals surface area contributed by atoms with Gasteiger partial charge in [-0.25, -0.2) is 0 Å². The molecule has 3 heteroatoms. The van der Waals surface area contributed by atoms with Crippen LogP contribution in [0, 0.1) is 0 Å². The van der Waals surface area contributed by atoms with Crippen LogP contribution >= 0.6 is 0 Å². The lowest BCUT2D eigenvalue weighted by Crippen LogP contribution is -2.43. The van der Waals surface area contributed by atoms with Crippen molar-refractivity contribution < 1.29 is 9.53 Å². The number of hydrogen-bond donors (Lipinski definition) is 1. The van der Waals surface area contributed by atoms with Gasteiger partial charge in [0, 0.05) is 0 Å². The second kappa shape index (κ2) is 7.75. The minimum Gasteiger partial charge on any atom is -0.409 e. The summed E-state index contributed by atoms with van der Waals surface area (Å²) in [6, 6.07) is 3.45. The van der Waals surface area contributed by atoms with Gasteiger partial charge in [-0.3, -0.25) is 0 Å². The quantitative estimate of drug-likeness (QED) is 0.477. The zero-order chi connectivity index (χ0) is 16.9. The zero-order valence-electron chi connectivity index (χ0n) is 15.6. The van der Waals surface area contributed by atoms with Gasteiger partial charge in [-0.15, -0.1) is 0 Å². The van der Waals surface area contributed by atoms with E-state index in [2.05, 4.69) is 40.7 Å². The summed E-state index contributed by atoms with van der Waals surface area (Å²) >= 11 is 0. The topological polar surface area (TPSA) is 29.5 Å². The summed E-state index contributed by atoms with van der Waals surface area (Å²) in [5.74, 6) is 0. The van der Waals surface area contributed by atoms with Gasteiger partial charge < -0.3 is 9.53 Å². The molecule has 0 radical (unpaired) electrons. The second-order valence-corrected chi connectivity index (χ2v) is 11.9. The van der Waals surface area contributed by atoms with Gasteiger partial charge in [-0.05, 0) is 65.2 Å². The van der Waals surface area contributed by atoms with Crippen molar-refractivity contribution >= 4 is 8.32 Å². The van der Waals surface area contributed by atoms with E-state index in [0.29, 0.717) is 0 Å². The van der Waals surface area contributed by atoms with Crippen LogP contribution in [0.5, 0.6) is 0 Å². The molecule has 0 fully saturated rings. The molecule has 0 saturated carbocycles. The predicted octanol–water partition coefficient (Wildman–Crippen LogP) is 5.45. The molecule has 0 bridgehead atoms. The van der Waals surface area contributed by atoms with Crippen LogP contribution in [0.3, 0.4) is 0 Å². The molecule has 1 N–H and O–H groups in total. The Balaban J connectivity index is 5.29. The molecule has 0 aliphatic heterocycles. The molecule has 0 spiro atoms. The lowest BCUT2D eigenvalue weighted by molar-refractivity contribution is 0.121. The van der Waals surface area contributed by atoms with Crippen molar-refractivity contribution in [2.45, 2.75) is 91.6 Å². The normalized spacial score (nSPS) is 13.8. The van der Waals surface area contributed by atoms with E-state index < -0.39 is 13.9 Å². The van der Waals surface area contributed by atoms with E-state index in [1.165, 1.54) is 0 Å². The molecule has 0 aromatic rings. The van der Waals surface area contributed by atoms with E-state index in [0.717, 1.165) is 29.3 Å². The monoisotopic (exact) mass is 312 g/mol. The molecule has 0 unspecified atom stereocenters. The number of rotatable bonds is 8. The fourth-order valence-electron chi connectivity index (χ4n) is 2.82. The third kappa shape index (κ3) is 6.49. The van der Waals surface area contributed by atoms with E-state index in [1.54, 1.807) is 0 Å². The van der Waals surface area contributed by atoms with E-state index >= 15 is 0 Å². The highest BCUT2D eigenvalue weighted by Gasteiger charge is 2.34. The molecule has 0 heterocycles. The molecular formula is C18H36O2Si. The lowest BCUT2D eigenvalue weighted by atomic mass is 9.92. The number of allylic oxidation sites excluding steroid dienone is 1. The Hall–Kier alpha value is -0.383. The highest BCUT2D eigenvalue weighted by atomic mass is 28.4. The van der Waals surface area contributed by atoms with Crippen molar-refractivity contribution in [3.63, 3.8) is 0 Å². The minimum atomic E-state index is -1.63. The van der Waals surface area contributed by atoms with Gasteiger partial charge in [0.2, 0.25) is 0 Å². The van der Waals surface area contributed by atoms with E-state index in [-0.39, 0.29) is 5.60 Å². The maximum atomic E-state index is 10.3. The first-order valence-corrected chi connectivity index (χ1v) is 10.8. The summed E-state index contributed by atoms with van der Waals surface area (Å²) in [7, 11) is -1.63. The summed E-state index contributed by atoms with van der Waals surface area (Å²) in [4.78, 5) is 0. The molecule has 21 heavy (non-hydrogen) atoms. The minimum absolute atomic E-state index is 0.291. The maximum Gasteiger partial charge on any atom is 0.193 e. The first-order valence-electron chi connectivity index (χ1n) is 8.22. The molecule has 0 aliphatic carbocycles. The van der Waals surface area contributed by atoms with E-state index in [9.17, 15) is 5.11 Å². The Labute approximate surface area is 133 Å². The smallest absolute Gasteiger partial charge is 0.193 e. The fourth-order valence-corrected chi connectivity index (χ4v) is 5.94. The number of hydrogen-bond acceptors (Lipinski definition) is 2. The highest BCUT2D eigenvalue weighted by molar-refractivity contribution is 6.73. The molecule has 0 aromatic carbocycles. The fraction of sp³-hybridized carbons (Fsp3) is 0.778. The third-order valence-corrected chi connectivity index (χ3v) is 9.09. The number of aliphatic hydroxyl groups is 1. The molecule has 0 aromatic heterocycles. The zero-order valence-corrected chi connectivity index (χ0v) is 16.6. The van der Waals surface area contributed by atoms with Gasteiger partial charge in [0.1, 0.15) is 0 Å². The average molecular weight is 313 g/mol. The Kier molecular flexibility index (Phi) is 7.61. The van der Waals surface area contributed by atoms with Crippen LogP contribution < -0.4 is 0 Å². The van der Waals surface area contributed by atoms with Crippen molar-refractivity contribution in [1.29, 1.82) is 0 Å². The Morgan fingerprint density at radius 2 is 1.43 bits per heavy atom. The summed E-state index contributed by atoms with van der Waals surface area (Å²) in [5, 5.41) is 10.3. The molecule has 124 valence electrons. The van der Waals surface area contributed by atoms with Crippen LogP contribution in [0.2, 0.25) is 18.1 Å². The third-order valence-electron chi connectivity index (χ3n) is 4.26. The molecule has 0 rings (SSSR count). The van der Waals surface area contributed by atoms with Crippen molar-refractivity contribution in [1.82, 2.24) is 0 Å². The maximum absolute atomic E-state index is 10.3. The van der Waals surface area contributed by atoms with Crippen molar-refractivity contribution in [3.05, 3.63) is 23.3 Å². The van der Waals surface area contributed by atoms with Crippen molar-refractivity contribution in [2.24, 2.45) is 0 Å². The summed E-state index contributed by atoms with van der Waals surface area (Å²) in [6.45, 7) is 18.7. The first kappa shape index (κ1) is 20.6. The Morgan fingerprint density at radius 1 is 1.00 bits per heavy atom. The largest absolute Gasteiger partial charge is 0.409 e. The molecule has 0 atom stereocenters. The Morgan fingerprint density at radius 3 is 1.71 bits per heavy atom. The van der Waals surface area contributed by atoms with Crippen LogP contribution in [0.25, 0.3) is 0 Å². The van der Waals surface area contributed by atoms with Crippen LogP contribution in [-0.4, -0.2) is 24.6 Å². The molecule has 0 saturated heterocycles. The van der Waals surface area contributed by atoms with Gasteiger partial charge in [-0.1, -0.05) is 38.5 Å². The standard InChI is InChI=1S/C18H36O2Si/c1-10-21(11-2,12-3)20-17(6,7)14-13-16(15(4)5)18(8,9)19/h13-14,19H,10-12H2,1-9H3/b14-13-. The molecule has 0 aliphatic rings. The van der Waals surface area contributed by atoms with Gasteiger partial charge in [0.25, 0.3) is 0 Å². The predicted molar refractivity (Wildman–Crippen MR) is 96.2 cm³/mol. The lowest BCUT2D eigenvalue weighted by Gasteiger charge is -2.37. The van der Waals surface area contributed by atoms with Gasteiger partial charge >= 0.3 is 0 Å². The van der Waals surface area contributed by atoms with E-state index in [1.807, 2.05) is 33.8 Å². The SMILES string of the molecule is CC[Si](CC)(CC)OC(C)(C)/C=C\C(=C(C)C)C(C)(C)O. The van der Waals surface area contributed by atoms with Crippen LogP contribution in [0.4, 0.5) is 0 Å². The highest BCUT2D eigenvalue weighted by Crippen LogP contribution is 2.29. The first-order chi connectivity index (χ1) is 9.43. The van der Waals surface area contributed by atoms with Crippen molar-refractivity contribution in [3.8, 4) is 0 Å². The van der Waals surface area contributed by atoms with Crippen molar-refractivity contribution in [2.75, 3.05) is 0 Å². The Bertz CT molecular complexity index is 370. The average Bonchev–Trinajstić information content (AvgIpc) is 2.34. The van der Waals surface area contributed by atoms with Gasteiger partial charge in [0.05, 0.1) is 11.2 Å². The summed E-state index contributed by atoms with van der Waals surface area (Å²) < 4.78 is 6.56. The second-order valence-electron chi connectivity index (χ2n) is 7.26. The molecular weight excluding hydrogens is 276 g/mol. The molecule has 0 amide bonds. The van der Waals surface area contributed by atoms with Crippen LogP contribution in [0.1, 0.15) is 62.3 Å². The van der Waals surface area contributed by atoms with Crippen LogP contribution in [0.15, 0.2) is 23.3 Å². The van der Waals surface area contributed by atoms with Gasteiger partial charge in [-0.2, -0.15) is 0 Å². The molecule has 2 nitrogen and oxygen atoms in total. The van der Waals surface area contributed by atoms with E-state index in [4.69, 9.17) is 4.43 Å². The summed E-state index contributed by atoms with van der Waals surface area (Å²) in [5.41, 5.74) is 0.996.